The second-order valence-corrected chi connectivity index (χ2v) is 5.20. The van der Waals surface area contributed by atoms with Crippen LogP contribution in [0, 0.1) is 0 Å². The molecule has 0 saturated heterocycles. The van der Waals surface area contributed by atoms with E-state index in [-0.39, 0.29) is 6.04 Å². The summed E-state index contributed by atoms with van der Waals surface area (Å²) in [5.74, 6) is 0. The minimum absolute atomic E-state index is 0.0534. The fraction of sp³-hybridized carbons (Fsp3) is 0.400. The van der Waals surface area contributed by atoms with Gasteiger partial charge in [0.05, 0.1) is 5.69 Å². The molecular weight excluding hydrogens is 322 g/mol. The highest BCUT2D eigenvalue weighted by atomic mass is 79.9. The van der Waals surface area contributed by atoms with E-state index in [4.69, 9.17) is 17.2 Å². The van der Waals surface area contributed by atoms with Crippen LogP contribution in [-0.4, -0.2) is 6.54 Å². The van der Waals surface area contributed by atoms with Crippen LogP contribution in [0.5, 0.6) is 0 Å². The zero-order chi connectivity index (χ0) is 11.4. The minimum atomic E-state index is -0.0534. The Morgan fingerprint density at radius 1 is 1.27 bits per heavy atom. The maximum absolute atomic E-state index is 6.04. The highest BCUT2D eigenvalue weighted by Crippen LogP contribution is 2.32. The number of hydrogen-bond acceptors (Lipinski definition) is 3. The van der Waals surface area contributed by atoms with Gasteiger partial charge in [0.15, 0.2) is 0 Å². The molecule has 0 saturated carbocycles. The van der Waals surface area contributed by atoms with Crippen molar-refractivity contribution in [2.75, 3.05) is 12.3 Å². The smallest absolute Gasteiger partial charge is 0.0507 e. The van der Waals surface area contributed by atoms with E-state index in [0.29, 0.717) is 12.2 Å². The summed E-state index contributed by atoms with van der Waals surface area (Å²) in [4.78, 5) is 0. The van der Waals surface area contributed by atoms with E-state index in [1.807, 2.05) is 12.1 Å². The Morgan fingerprint density at radius 3 is 2.53 bits per heavy atom. The van der Waals surface area contributed by atoms with E-state index in [1.54, 1.807) is 0 Å². The van der Waals surface area contributed by atoms with Gasteiger partial charge in [0.2, 0.25) is 0 Å². The van der Waals surface area contributed by atoms with Gasteiger partial charge < -0.3 is 17.2 Å². The molecule has 0 fully saturated rings. The molecular formula is C10H15Br2N3. The monoisotopic (exact) mass is 335 g/mol. The Hall–Kier alpha value is -0.100. The summed E-state index contributed by atoms with van der Waals surface area (Å²) in [7, 11) is 0. The van der Waals surface area contributed by atoms with Crippen molar-refractivity contribution in [3.8, 4) is 0 Å². The van der Waals surface area contributed by atoms with Gasteiger partial charge >= 0.3 is 0 Å². The van der Waals surface area contributed by atoms with Crippen LogP contribution in [0.4, 0.5) is 5.69 Å². The average molecular weight is 337 g/mol. The second-order valence-electron chi connectivity index (χ2n) is 3.43. The lowest BCUT2D eigenvalue weighted by molar-refractivity contribution is 0.619. The maximum atomic E-state index is 6.04. The number of hydrogen-bond donors (Lipinski definition) is 3. The average Bonchev–Trinajstić information content (AvgIpc) is 2.19. The molecule has 0 aliphatic heterocycles. The molecule has 15 heavy (non-hydrogen) atoms. The number of anilines is 1. The lowest BCUT2D eigenvalue weighted by Gasteiger charge is -2.15. The van der Waals surface area contributed by atoms with Gasteiger partial charge in [-0.15, -0.1) is 0 Å². The summed E-state index contributed by atoms with van der Waals surface area (Å²) in [6, 6.07) is 3.82. The molecule has 0 amide bonds. The first kappa shape index (κ1) is 13.0. The Kier molecular flexibility index (Phi) is 5.05. The standard InChI is InChI=1S/C10H15Br2N3/c11-6-4-7(9(14)2-1-3-13)10(15)8(12)5-6/h4-5,9H,1-3,13-15H2/t9-/m1/s1. The normalized spacial score (nSPS) is 12.8. The zero-order valence-corrected chi connectivity index (χ0v) is 11.5. The van der Waals surface area contributed by atoms with Crippen LogP contribution in [0.3, 0.4) is 0 Å². The van der Waals surface area contributed by atoms with Crippen molar-refractivity contribution in [1.29, 1.82) is 0 Å². The Balaban J connectivity index is 2.92. The molecule has 3 nitrogen and oxygen atoms in total. The van der Waals surface area contributed by atoms with Crippen molar-refractivity contribution < 1.29 is 0 Å². The van der Waals surface area contributed by atoms with Crippen molar-refractivity contribution in [2.45, 2.75) is 18.9 Å². The Morgan fingerprint density at radius 2 is 1.93 bits per heavy atom. The fourth-order valence-electron chi connectivity index (χ4n) is 1.40. The Labute approximate surface area is 107 Å². The topological polar surface area (TPSA) is 78.1 Å². The summed E-state index contributed by atoms with van der Waals surface area (Å²) in [5, 5.41) is 0. The highest BCUT2D eigenvalue weighted by Gasteiger charge is 2.12. The maximum Gasteiger partial charge on any atom is 0.0507 e. The van der Waals surface area contributed by atoms with E-state index in [2.05, 4.69) is 31.9 Å². The van der Waals surface area contributed by atoms with Crippen LogP contribution in [0.15, 0.2) is 21.1 Å². The molecule has 0 bridgehead atoms. The van der Waals surface area contributed by atoms with E-state index in [1.165, 1.54) is 0 Å². The van der Waals surface area contributed by atoms with Crippen LogP contribution in [0.25, 0.3) is 0 Å². The summed E-state index contributed by atoms with van der Waals surface area (Å²) in [6.45, 7) is 0.656. The second kappa shape index (κ2) is 5.84. The first-order chi connectivity index (χ1) is 7.06. The summed E-state index contributed by atoms with van der Waals surface area (Å²) < 4.78 is 1.84. The lowest BCUT2D eigenvalue weighted by Crippen LogP contribution is -2.14. The van der Waals surface area contributed by atoms with Crippen molar-refractivity contribution >= 4 is 37.5 Å². The molecule has 0 aliphatic rings. The number of benzene rings is 1. The third kappa shape index (κ3) is 3.45. The van der Waals surface area contributed by atoms with E-state index in [9.17, 15) is 0 Å². The van der Waals surface area contributed by atoms with Crippen molar-refractivity contribution in [2.24, 2.45) is 11.5 Å². The quantitative estimate of drug-likeness (QED) is 0.739. The molecule has 1 rings (SSSR count). The highest BCUT2D eigenvalue weighted by molar-refractivity contribution is 9.11. The predicted octanol–water partition coefficient (Wildman–Crippen LogP) is 2.53. The number of rotatable bonds is 4. The van der Waals surface area contributed by atoms with Crippen LogP contribution < -0.4 is 17.2 Å². The summed E-state index contributed by atoms with van der Waals surface area (Å²) in [5.41, 5.74) is 19.1. The SMILES string of the molecule is NCCC[C@@H](N)c1cc(Br)cc(Br)c1N. The van der Waals surface area contributed by atoms with Gasteiger partial charge in [0, 0.05) is 15.0 Å². The number of nitrogen functional groups attached to an aromatic ring is 1. The van der Waals surface area contributed by atoms with Gasteiger partial charge in [-0.05, 0) is 53.0 Å². The third-order valence-corrected chi connectivity index (χ3v) is 3.36. The first-order valence-corrected chi connectivity index (χ1v) is 6.35. The largest absolute Gasteiger partial charge is 0.398 e. The molecule has 6 N–H and O–H groups in total. The third-order valence-electron chi connectivity index (χ3n) is 2.25. The van der Waals surface area contributed by atoms with Gasteiger partial charge in [0.1, 0.15) is 0 Å². The Bertz CT molecular complexity index is 342. The van der Waals surface area contributed by atoms with Crippen molar-refractivity contribution in [1.82, 2.24) is 0 Å². The lowest BCUT2D eigenvalue weighted by atomic mass is 10.0. The van der Waals surface area contributed by atoms with Gasteiger partial charge in [-0.2, -0.15) is 0 Å². The molecule has 84 valence electrons. The molecule has 0 spiro atoms. The number of halogens is 2. The van der Waals surface area contributed by atoms with Gasteiger partial charge in [0.25, 0.3) is 0 Å². The van der Waals surface area contributed by atoms with Crippen molar-refractivity contribution in [3.63, 3.8) is 0 Å². The van der Waals surface area contributed by atoms with Gasteiger partial charge in [-0.25, -0.2) is 0 Å². The zero-order valence-electron chi connectivity index (χ0n) is 8.34. The van der Waals surface area contributed by atoms with Crippen LogP contribution in [0.1, 0.15) is 24.4 Å². The van der Waals surface area contributed by atoms with Gasteiger partial charge in [-0.3, -0.25) is 0 Å². The first-order valence-electron chi connectivity index (χ1n) is 4.76. The molecule has 5 heteroatoms. The predicted molar refractivity (Wildman–Crippen MR) is 71.5 cm³/mol. The van der Waals surface area contributed by atoms with E-state index < -0.39 is 0 Å². The van der Waals surface area contributed by atoms with Crippen LogP contribution >= 0.6 is 31.9 Å². The molecule has 0 aromatic heterocycles. The minimum Gasteiger partial charge on any atom is -0.398 e. The van der Waals surface area contributed by atoms with Crippen molar-refractivity contribution in [3.05, 3.63) is 26.6 Å². The van der Waals surface area contributed by atoms with E-state index in [0.717, 1.165) is 27.4 Å². The van der Waals surface area contributed by atoms with Crippen LogP contribution in [0.2, 0.25) is 0 Å². The molecule has 0 aliphatic carbocycles. The summed E-state index contributed by atoms with van der Waals surface area (Å²) >= 11 is 6.82. The van der Waals surface area contributed by atoms with E-state index >= 15 is 0 Å². The molecule has 0 unspecified atom stereocenters. The molecule has 0 radical (unpaired) electrons. The van der Waals surface area contributed by atoms with Gasteiger partial charge in [-0.1, -0.05) is 15.9 Å². The van der Waals surface area contributed by atoms with Crippen LogP contribution in [-0.2, 0) is 0 Å². The molecule has 1 aromatic rings. The number of nitrogens with two attached hydrogens (primary N) is 3. The molecule has 1 atom stereocenters. The molecule has 0 heterocycles. The summed E-state index contributed by atoms with van der Waals surface area (Å²) in [6.07, 6.45) is 1.76. The molecule has 1 aromatic carbocycles. The fourth-order valence-corrected chi connectivity index (χ4v) is 2.66.